The van der Waals surface area contributed by atoms with E-state index in [2.05, 4.69) is 5.43 Å². The number of ether oxygens (including phenoxy) is 3. The fourth-order valence-electron chi connectivity index (χ4n) is 3.39. The minimum absolute atomic E-state index is 0.160. The van der Waals surface area contributed by atoms with Crippen LogP contribution in [0.2, 0.25) is 5.02 Å². The van der Waals surface area contributed by atoms with E-state index < -0.39 is 24.4 Å². The lowest BCUT2D eigenvalue weighted by Crippen LogP contribution is -2.44. The van der Waals surface area contributed by atoms with Crippen LogP contribution in [0.4, 0.5) is 0 Å². The second kappa shape index (κ2) is 12.7. The molecule has 3 aromatic rings. The summed E-state index contributed by atoms with van der Waals surface area (Å²) in [6, 6.07) is 18.6. The van der Waals surface area contributed by atoms with Gasteiger partial charge in [0.1, 0.15) is 12.4 Å². The van der Waals surface area contributed by atoms with Crippen LogP contribution >= 0.6 is 35.6 Å². The Morgan fingerprint density at radius 1 is 1.08 bits per heavy atom. The van der Waals surface area contributed by atoms with Gasteiger partial charge in [-0.25, -0.2) is 4.79 Å². The maximum atomic E-state index is 13.0. The number of thiocarbonyl (C=S) groups is 1. The lowest BCUT2D eigenvalue weighted by molar-refractivity contribution is -0.139. The van der Waals surface area contributed by atoms with E-state index >= 15 is 0 Å². The molecule has 0 radical (unpaired) electrons. The van der Waals surface area contributed by atoms with E-state index in [1.807, 2.05) is 18.2 Å². The molecule has 12 heteroatoms. The highest BCUT2D eigenvalue weighted by atomic mass is 35.5. The van der Waals surface area contributed by atoms with Crippen molar-refractivity contribution in [3.8, 4) is 17.2 Å². The zero-order valence-electron chi connectivity index (χ0n) is 20.4. The minimum Gasteiger partial charge on any atom is -0.493 e. The summed E-state index contributed by atoms with van der Waals surface area (Å²) in [6.45, 7) is -0.246. The monoisotopic (exact) mass is 584 g/mol. The number of nitrogens with zero attached hydrogens (tertiary/aromatic N) is 1. The number of carbonyl (C=O) groups is 3. The summed E-state index contributed by atoms with van der Waals surface area (Å²) in [4.78, 5) is 36.8. The molecule has 2 amide bonds. The molecule has 0 aliphatic carbocycles. The highest BCUT2D eigenvalue weighted by Crippen LogP contribution is 2.34. The number of hydrogen-bond donors (Lipinski definition) is 2. The molecule has 0 saturated carbocycles. The van der Waals surface area contributed by atoms with E-state index in [1.54, 1.807) is 48.5 Å². The second-order valence-electron chi connectivity index (χ2n) is 7.96. The number of aliphatic carboxylic acids is 1. The van der Waals surface area contributed by atoms with E-state index in [0.29, 0.717) is 27.6 Å². The van der Waals surface area contributed by atoms with Crippen molar-refractivity contribution < 1.29 is 33.7 Å². The lowest BCUT2D eigenvalue weighted by Gasteiger charge is -2.16. The number of amides is 2. The van der Waals surface area contributed by atoms with Crippen molar-refractivity contribution in [2.24, 2.45) is 0 Å². The average molecular weight is 585 g/mol. The van der Waals surface area contributed by atoms with Gasteiger partial charge in [0.15, 0.2) is 22.4 Å². The number of carbonyl (C=O) groups excluding carboxylic acids is 2. The Morgan fingerprint density at radius 2 is 1.82 bits per heavy atom. The molecule has 1 heterocycles. The predicted molar refractivity (Wildman–Crippen MR) is 151 cm³/mol. The molecule has 0 aromatic heterocycles. The Balaban J connectivity index is 1.39. The van der Waals surface area contributed by atoms with Gasteiger partial charge in [-0.3, -0.25) is 15.0 Å². The normalized spacial score (nSPS) is 13.9. The smallest absolute Gasteiger partial charge is 0.341 e. The average Bonchev–Trinajstić information content (AvgIpc) is 3.19. The van der Waals surface area contributed by atoms with Crippen LogP contribution in [0.1, 0.15) is 21.5 Å². The van der Waals surface area contributed by atoms with E-state index in [-0.39, 0.29) is 21.6 Å². The number of nitrogens with one attached hydrogen (secondary N) is 1. The summed E-state index contributed by atoms with van der Waals surface area (Å²) in [7, 11) is 1.42. The molecule has 4 rings (SSSR count). The molecule has 1 aliphatic rings. The molecule has 1 saturated heterocycles. The molecule has 9 nitrogen and oxygen atoms in total. The van der Waals surface area contributed by atoms with Gasteiger partial charge in [0.05, 0.1) is 12.0 Å². The van der Waals surface area contributed by atoms with Gasteiger partial charge in [-0.1, -0.05) is 47.6 Å². The van der Waals surface area contributed by atoms with Crippen LogP contribution in [0.25, 0.3) is 6.08 Å². The third-order valence-corrected chi connectivity index (χ3v) is 6.98. The first-order valence-electron chi connectivity index (χ1n) is 11.3. The Hall–Kier alpha value is -4.06. The SMILES string of the molecule is COc1cc(/C=C2/SC(=S)N(NC(=O)c3ccc(OCc4ccccc4Cl)cc3)C2=O)ccc1OCC(=O)O. The first-order chi connectivity index (χ1) is 18.7. The van der Waals surface area contributed by atoms with Crippen molar-refractivity contribution in [2.45, 2.75) is 6.61 Å². The highest BCUT2D eigenvalue weighted by molar-refractivity contribution is 8.26. The zero-order chi connectivity index (χ0) is 27.9. The molecule has 1 fully saturated rings. The Bertz CT molecular complexity index is 1460. The Morgan fingerprint density at radius 3 is 2.51 bits per heavy atom. The molecule has 0 bridgehead atoms. The summed E-state index contributed by atoms with van der Waals surface area (Å²) >= 11 is 12.5. The fourth-order valence-corrected chi connectivity index (χ4v) is 4.76. The first-order valence-corrected chi connectivity index (χ1v) is 12.9. The molecule has 0 unspecified atom stereocenters. The van der Waals surface area contributed by atoms with Gasteiger partial charge in [0.2, 0.25) is 0 Å². The van der Waals surface area contributed by atoms with Gasteiger partial charge in [-0.2, -0.15) is 5.01 Å². The van der Waals surface area contributed by atoms with Gasteiger partial charge in [-0.15, -0.1) is 0 Å². The number of thioether (sulfide) groups is 1. The van der Waals surface area contributed by atoms with Crippen molar-refractivity contribution in [1.29, 1.82) is 0 Å². The van der Waals surface area contributed by atoms with E-state index in [1.165, 1.54) is 13.2 Å². The summed E-state index contributed by atoms with van der Waals surface area (Å²) in [5.74, 6) is -1.04. The molecule has 39 heavy (non-hydrogen) atoms. The number of carboxylic acids is 1. The van der Waals surface area contributed by atoms with E-state index in [4.69, 9.17) is 43.1 Å². The maximum Gasteiger partial charge on any atom is 0.341 e. The lowest BCUT2D eigenvalue weighted by atomic mass is 10.2. The minimum atomic E-state index is -1.12. The van der Waals surface area contributed by atoms with Crippen LogP contribution in [-0.2, 0) is 16.2 Å². The molecule has 2 N–H and O–H groups in total. The highest BCUT2D eigenvalue weighted by Gasteiger charge is 2.34. The van der Waals surface area contributed by atoms with Gasteiger partial charge in [-0.05, 0) is 66.3 Å². The quantitative estimate of drug-likeness (QED) is 0.253. The van der Waals surface area contributed by atoms with Crippen LogP contribution in [0.5, 0.6) is 17.2 Å². The number of halogens is 1. The van der Waals surface area contributed by atoms with Crippen molar-refractivity contribution in [3.63, 3.8) is 0 Å². The van der Waals surface area contributed by atoms with Gasteiger partial charge in [0, 0.05) is 16.1 Å². The summed E-state index contributed by atoms with van der Waals surface area (Å²) in [5, 5.41) is 10.4. The predicted octanol–water partition coefficient (Wildman–Crippen LogP) is 4.94. The Kier molecular flexibility index (Phi) is 9.07. The van der Waals surface area contributed by atoms with E-state index in [9.17, 15) is 14.4 Å². The van der Waals surface area contributed by atoms with Crippen molar-refractivity contribution in [1.82, 2.24) is 10.4 Å². The van der Waals surface area contributed by atoms with Gasteiger partial charge < -0.3 is 19.3 Å². The van der Waals surface area contributed by atoms with Crippen molar-refractivity contribution >= 4 is 63.8 Å². The summed E-state index contributed by atoms with van der Waals surface area (Å²) in [5.41, 5.74) is 4.27. The first kappa shape index (κ1) is 28.0. The third-order valence-electron chi connectivity index (χ3n) is 5.31. The summed E-state index contributed by atoms with van der Waals surface area (Å²) < 4.78 is 16.4. The van der Waals surface area contributed by atoms with Crippen molar-refractivity contribution in [3.05, 3.63) is 93.3 Å². The number of hydrazine groups is 1. The van der Waals surface area contributed by atoms with Crippen LogP contribution in [0, 0.1) is 0 Å². The number of carboxylic acid groups (broad SMARTS) is 1. The van der Waals surface area contributed by atoms with Crippen LogP contribution in [0.3, 0.4) is 0 Å². The van der Waals surface area contributed by atoms with Crippen LogP contribution in [0.15, 0.2) is 71.6 Å². The topological polar surface area (TPSA) is 114 Å². The van der Waals surface area contributed by atoms with Crippen LogP contribution < -0.4 is 19.6 Å². The molecular formula is C27H21ClN2O7S2. The maximum absolute atomic E-state index is 13.0. The molecule has 3 aromatic carbocycles. The molecule has 0 spiro atoms. The molecular weight excluding hydrogens is 564 g/mol. The third kappa shape index (κ3) is 7.08. The van der Waals surface area contributed by atoms with Crippen LogP contribution in [-0.4, -0.2) is 45.9 Å². The fraction of sp³-hybridized carbons (Fsp3) is 0.111. The molecule has 0 atom stereocenters. The number of rotatable bonds is 10. The summed E-state index contributed by atoms with van der Waals surface area (Å²) in [6.07, 6.45) is 1.58. The van der Waals surface area contributed by atoms with Crippen molar-refractivity contribution in [2.75, 3.05) is 13.7 Å². The molecule has 1 aliphatic heterocycles. The molecule has 200 valence electrons. The number of hydrogen-bond acceptors (Lipinski definition) is 8. The Labute approximate surface area is 238 Å². The number of methoxy groups -OCH3 is 1. The van der Waals surface area contributed by atoms with Gasteiger partial charge >= 0.3 is 5.97 Å². The van der Waals surface area contributed by atoms with Gasteiger partial charge in [0.25, 0.3) is 11.8 Å². The standard InChI is InChI=1S/C27H21ClN2O7S2/c1-35-22-12-16(6-11-21(22)37-15-24(31)32)13-23-26(34)30(27(38)39-23)29-25(33)17-7-9-19(10-8-17)36-14-18-4-2-3-5-20(18)28/h2-13H,14-15H2,1H3,(H,29,33)(H,31,32)/b23-13+. The largest absolute Gasteiger partial charge is 0.493 e. The zero-order valence-corrected chi connectivity index (χ0v) is 22.8. The number of benzene rings is 3. The second-order valence-corrected chi connectivity index (χ2v) is 10.0. The van der Waals surface area contributed by atoms with E-state index in [0.717, 1.165) is 22.3 Å².